The van der Waals surface area contributed by atoms with E-state index in [1.807, 2.05) is 43.3 Å². The van der Waals surface area contributed by atoms with Crippen LogP contribution in [0.3, 0.4) is 0 Å². The van der Waals surface area contributed by atoms with Crippen LogP contribution in [-0.4, -0.2) is 15.5 Å². The maximum absolute atomic E-state index is 11.8. The Morgan fingerprint density at radius 1 is 1.36 bits per heavy atom. The van der Waals surface area contributed by atoms with Crippen molar-refractivity contribution in [1.82, 2.24) is 14.9 Å². The number of benzene rings is 1. The largest absolute Gasteiger partial charge is 0.347 e. The van der Waals surface area contributed by atoms with Crippen molar-refractivity contribution in [2.24, 2.45) is 0 Å². The monoisotopic (exact) mass is 295 g/mol. The highest BCUT2D eigenvalue weighted by Gasteiger charge is 2.16. The normalized spacial score (nSPS) is 10.3. The molecular formula is C18H21N3O. The van der Waals surface area contributed by atoms with Gasteiger partial charge < -0.3 is 9.88 Å². The fraction of sp³-hybridized carbons (Fsp3) is 0.222. The number of aryl methyl sites for hydroxylation is 1. The molecule has 1 amide bonds. The van der Waals surface area contributed by atoms with Crippen LogP contribution < -0.4 is 5.32 Å². The predicted molar refractivity (Wildman–Crippen MR) is 89.3 cm³/mol. The van der Waals surface area contributed by atoms with Crippen molar-refractivity contribution in [3.05, 3.63) is 66.7 Å². The number of hydrogen-bond donors (Lipinski definition) is 1. The van der Waals surface area contributed by atoms with E-state index in [0.717, 1.165) is 22.8 Å². The van der Waals surface area contributed by atoms with Crippen LogP contribution in [0.4, 0.5) is 0 Å². The Kier molecular flexibility index (Phi) is 4.94. The minimum atomic E-state index is -0.150. The van der Waals surface area contributed by atoms with E-state index >= 15 is 0 Å². The molecule has 0 aliphatic heterocycles. The van der Waals surface area contributed by atoms with Gasteiger partial charge in [-0.15, -0.1) is 6.58 Å². The second kappa shape index (κ2) is 6.89. The smallest absolute Gasteiger partial charge is 0.246 e. The fourth-order valence-electron chi connectivity index (χ4n) is 2.30. The highest BCUT2D eigenvalue weighted by molar-refractivity contribution is 5.92. The molecule has 0 saturated heterocycles. The van der Waals surface area contributed by atoms with E-state index < -0.39 is 0 Å². The first kappa shape index (κ1) is 15.8. The van der Waals surface area contributed by atoms with Gasteiger partial charge >= 0.3 is 0 Å². The van der Waals surface area contributed by atoms with E-state index in [1.54, 1.807) is 6.92 Å². The summed E-state index contributed by atoms with van der Waals surface area (Å²) in [5.41, 5.74) is 3.39. The van der Waals surface area contributed by atoms with Crippen LogP contribution in [0.1, 0.15) is 18.4 Å². The zero-order valence-corrected chi connectivity index (χ0v) is 13.1. The summed E-state index contributed by atoms with van der Waals surface area (Å²) in [6.07, 6.45) is 1.83. The Labute approximate surface area is 131 Å². The molecule has 0 aliphatic rings. The first-order valence-electron chi connectivity index (χ1n) is 7.20. The summed E-state index contributed by atoms with van der Waals surface area (Å²) in [6.45, 7) is 12.2. The zero-order chi connectivity index (χ0) is 16.1. The number of allylic oxidation sites excluding steroid dienone is 1. The molecule has 0 bridgehead atoms. The molecule has 0 spiro atoms. The van der Waals surface area contributed by atoms with Crippen molar-refractivity contribution in [2.45, 2.75) is 26.9 Å². The van der Waals surface area contributed by atoms with Gasteiger partial charge in [-0.25, -0.2) is 4.98 Å². The Bertz CT molecular complexity index is 699. The van der Waals surface area contributed by atoms with Gasteiger partial charge in [-0.05, 0) is 13.8 Å². The van der Waals surface area contributed by atoms with E-state index in [-0.39, 0.29) is 5.91 Å². The molecule has 1 heterocycles. The van der Waals surface area contributed by atoms with Gasteiger partial charge in [0.15, 0.2) is 0 Å². The van der Waals surface area contributed by atoms with Crippen LogP contribution in [0.15, 0.2) is 55.1 Å². The lowest BCUT2D eigenvalue weighted by atomic mass is 10.1. The van der Waals surface area contributed by atoms with Crippen molar-refractivity contribution in [3.8, 4) is 11.3 Å². The number of imidazole rings is 1. The molecule has 0 radical (unpaired) electrons. The fourth-order valence-corrected chi connectivity index (χ4v) is 2.30. The number of carbonyl (C=O) groups is 1. The van der Waals surface area contributed by atoms with Gasteiger partial charge in [0.2, 0.25) is 5.91 Å². The first-order chi connectivity index (χ1) is 10.5. The predicted octanol–water partition coefficient (Wildman–Crippen LogP) is 3.24. The SMILES string of the molecule is C=CCn1c(C)nc(-c2ccccc2)c1CNC(=O)C(=C)C. The number of nitrogens with zero attached hydrogens (tertiary/aromatic N) is 2. The van der Waals surface area contributed by atoms with Gasteiger partial charge in [0.05, 0.1) is 17.9 Å². The molecule has 2 aromatic rings. The summed E-state index contributed by atoms with van der Waals surface area (Å²) in [6, 6.07) is 9.97. The highest BCUT2D eigenvalue weighted by atomic mass is 16.1. The third-order valence-electron chi connectivity index (χ3n) is 3.43. The molecule has 114 valence electrons. The minimum absolute atomic E-state index is 0.150. The standard InChI is InChI=1S/C18H21N3O/c1-5-11-21-14(4)20-17(15-9-7-6-8-10-15)16(21)12-19-18(22)13(2)3/h5-10H,1-2,11-12H2,3-4H3,(H,19,22). The molecule has 0 unspecified atom stereocenters. The summed E-state index contributed by atoms with van der Waals surface area (Å²) < 4.78 is 2.06. The number of aromatic nitrogens is 2. The van der Waals surface area contributed by atoms with Crippen molar-refractivity contribution in [1.29, 1.82) is 0 Å². The number of nitrogens with one attached hydrogen (secondary N) is 1. The van der Waals surface area contributed by atoms with Crippen LogP contribution in [0, 0.1) is 6.92 Å². The van der Waals surface area contributed by atoms with Crippen LogP contribution in [-0.2, 0) is 17.9 Å². The highest BCUT2D eigenvalue weighted by Crippen LogP contribution is 2.24. The van der Waals surface area contributed by atoms with E-state index in [4.69, 9.17) is 0 Å². The summed E-state index contributed by atoms with van der Waals surface area (Å²) in [4.78, 5) is 16.4. The van der Waals surface area contributed by atoms with Gasteiger partial charge in [-0.1, -0.05) is 43.0 Å². The van der Waals surface area contributed by atoms with Crippen LogP contribution in [0.2, 0.25) is 0 Å². The summed E-state index contributed by atoms with van der Waals surface area (Å²) in [7, 11) is 0. The van der Waals surface area contributed by atoms with E-state index in [1.165, 1.54) is 0 Å². The second-order valence-electron chi connectivity index (χ2n) is 5.18. The number of hydrogen-bond acceptors (Lipinski definition) is 2. The maximum Gasteiger partial charge on any atom is 0.246 e. The maximum atomic E-state index is 11.8. The quantitative estimate of drug-likeness (QED) is 0.657. The van der Waals surface area contributed by atoms with Crippen molar-refractivity contribution in [3.63, 3.8) is 0 Å². The molecule has 4 heteroatoms. The van der Waals surface area contributed by atoms with Gasteiger partial charge in [-0.3, -0.25) is 4.79 Å². The number of carbonyl (C=O) groups excluding carboxylic acids is 1. The second-order valence-corrected chi connectivity index (χ2v) is 5.18. The Hall–Kier alpha value is -2.62. The molecule has 4 nitrogen and oxygen atoms in total. The Balaban J connectivity index is 2.41. The summed E-state index contributed by atoms with van der Waals surface area (Å²) in [5.74, 6) is 0.751. The lowest BCUT2D eigenvalue weighted by Crippen LogP contribution is -2.25. The van der Waals surface area contributed by atoms with Gasteiger partial charge in [0.1, 0.15) is 5.82 Å². The molecular weight excluding hydrogens is 274 g/mol. The molecule has 1 aromatic heterocycles. The van der Waals surface area contributed by atoms with E-state index in [2.05, 4.69) is 28.0 Å². The average Bonchev–Trinajstić information content (AvgIpc) is 2.82. The van der Waals surface area contributed by atoms with Crippen molar-refractivity contribution in [2.75, 3.05) is 0 Å². The summed E-state index contributed by atoms with van der Waals surface area (Å²) in [5, 5.41) is 2.89. The van der Waals surface area contributed by atoms with E-state index in [0.29, 0.717) is 18.7 Å². The molecule has 22 heavy (non-hydrogen) atoms. The molecule has 0 aliphatic carbocycles. The van der Waals surface area contributed by atoms with Gasteiger partial charge in [0.25, 0.3) is 0 Å². The lowest BCUT2D eigenvalue weighted by Gasteiger charge is -2.11. The topological polar surface area (TPSA) is 46.9 Å². The molecule has 0 saturated carbocycles. The molecule has 1 N–H and O–H groups in total. The molecule has 1 aromatic carbocycles. The van der Waals surface area contributed by atoms with Gasteiger partial charge in [-0.2, -0.15) is 0 Å². The number of amides is 1. The van der Waals surface area contributed by atoms with E-state index in [9.17, 15) is 4.79 Å². The Morgan fingerprint density at radius 3 is 2.64 bits per heavy atom. The average molecular weight is 295 g/mol. The van der Waals surface area contributed by atoms with Crippen molar-refractivity contribution >= 4 is 5.91 Å². The minimum Gasteiger partial charge on any atom is -0.347 e. The first-order valence-corrected chi connectivity index (χ1v) is 7.20. The molecule has 2 rings (SSSR count). The Morgan fingerprint density at radius 2 is 2.05 bits per heavy atom. The third kappa shape index (κ3) is 3.34. The van der Waals surface area contributed by atoms with Crippen molar-refractivity contribution < 1.29 is 4.79 Å². The van der Waals surface area contributed by atoms with Crippen LogP contribution in [0.5, 0.6) is 0 Å². The summed E-state index contributed by atoms with van der Waals surface area (Å²) >= 11 is 0. The third-order valence-corrected chi connectivity index (χ3v) is 3.43. The lowest BCUT2D eigenvalue weighted by molar-refractivity contribution is -0.117. The molecule has 0 atom stereocenters. The zero-order valence-electron chi connectivity index (χ0n) is 13.1. The van der Waals surface area contributed by atoms with Gasteiger partial charge in [0, 0.05) is 17.7 Å². The molecule has 0 fully saturated rings. The van der Waals surface area contributed by atoms with Crippen LogP contribution in [0.25, 0.3) is 11.3 Å². The van der Waals surface area contributed by atoms with Crippen LogP contribution >= 0.6 is 0 Å². The number of rotatable bonds is 6.